The third kappa shape index (κ3) is 4.05. The number of hydrogen-bond donors (Lipinski definition) is 0. The molecule has 192 valence electrons. The van der Waals surface area contributed by atoms with Crippen LogP contribution in [0.2, 0.25) is 0 Å². The Balaban J connectivity index is 1.42. The summed E-state index contributed by atoms with van der Waals surface area (Å²) in [5.74, 6) is 0.324. The van der Waals surface area contributed by atoms with Gasteiger partial charge in [-0.2, -0.15) is 0 Å². The van der Waals surface area contributed by atoms with Gasteiger partial charge in [-0.15, -0.1) is 11.8 Å². The Morgan fingerprint density at radius 2 is 1.79 bits per heavy atom. The molecule has 0 aliphatic carbocycles. The standard InChI is InChI=1S/C30H27FN4O2S/c1-32(2)30(37)35-17-25(23-11-8-20(15-26(23)35)19-6-9-22(31)10-7-19)28(36)24-12-14-34-27(24)18-38-29(34)21-5-4-13-33(3)16-21/h4-12,14-17,29H,13,18H2,1-3H3/t29-/m1/s1. The minimum Gasteiger partial charge on any atom is -0.376 e. The van der Waals surface area contributed by atoms with Crippen molar-refractivity contribution in [2.75, 3.05) is 27.7 Å². The molecule has 0 radical (unpaired) electrons. The Morgan fingerprint density at radius 1 is 1.03 bits per heavy atom. The molecule has 8 heteroatoms. The van der Waals surface area contributed by atoms with E-state index in [1.807, 2.05) is 30.5 Å². The number of ketones is 1. The number of thioether (sulfide) groups is 1. The maximum atomic E-state index is 14.0. The number of rotatable bonds is 4. The molecule has 2 aliphatic rings. The lowest BCUT2D eigenvalue weighted by atomic mass is 10.00. The van der Waals surface area contributed by atoms with Gasteiger partial charge in [0, 0.05) is 79.8 Å². The van der Waals surface area contributed by atoms with Gasteiger partial charge >= 0.3 is 6.03 Å². The fourth-order valence-electron chi connectivity index (χ4n) is 5.15. The number of allylic oxidation sites excluding steroid dienone is 1. The number of carbonyl (C=O) groups excluding carboxylic acids is 2. The zero-order valence-corrected chi connectivity index (χ0v) is 22.2. The van der Waals surface area contributed by atoms with E-state index in [-0.39, 0.29) is 23.0 Å². The SMILES string of the molecule is CN1C=C([C@H]2SCc3c(C(=O)c4cn(C(=O)N(C)C)c5cc(-c6ccc(F)cc6)ccc45)ccn32)C=CC1. The number of amides is 1. The van der Waals surface area contributed by atoms with E-state index in [0.717, 1.165) is 29.1 Å². The van der Waals surface area contributed by atoms with Crippen molar-refractivity contribution in [2.45, 2.75) is 11.1 Å². The van der Waals surface area contributed by atoms with Gasteiger partial charge in [-0.25, -0.2) is 9.18 Å². The monoisotopic (exact) mass is 526 g/mol. The fraction of sp³-hybridized carbons (Fsp3) is 0.200. The van der Waals surface area contributed by atoms with Crippen LogP contribution in [0.3, 0.4) is 0 Å². The van der Waals surface area contributed by atoms with Crippen molar-refractivity contribution in [2.24, 2.45) is 0 Å². The highest BCUT2D eigenvalue weighted by molar-refractivity contribution is 7.99. The van der Waals surface area contributed by atoms with Crippen LogP contribution in [0.1, 0.15) is 27.0 Å². The van der Waals surface area contributed by atoms with Crippen LogP contribution in [-0.4, -0.2) is 58.4 Å². The first-order valence-electron chi connectivity index (χ1n) is 12.4. The van der Waals surface area contributed by atoms with Gasteiger partial charge in [-0.05, 0) is 35.4 Å². The number of hydrogen-bond acceptors (Lipinski definition) is 4. The summed E-state index contributed by atoms with van der Waals surface area (Å²) in [5.41, 5.74) is 5.65. The molecule has 38 heavy (non-hydrogen) atoms. The van der Waals surface area contributed by atoms with Crippen molar-refractivity contribution in [1.82, 2.24) is 18.9 Å². The van der Waals surface area contributed by atoms with Gasteiger partial charge in [0.2, 0.25) is 0 Å². The summed E-state index contributed by atoms with van der Waals surface area (Å²) >= 11 is 1.80. The average Bonchev–Trinajstić information content (AvgIpc) is 3.61. The van der Waals surface area contributed by atoms with Gasteiger partial charge in [0.05, 0.1) is 5.52 Å². The maximum absolute atomic E-state index is 14.0. The number of likely N-dealkylation sites (N-methyl/N-ethyl adjacent to an activating group) is 1. The second-order valence-corrected chi connectivity index (χ2v) is 10.9. The van der Waals surface area contributed by atoms with Crippen molar-refractivity contribution >= 4 is 34.5 Å². The first-order chi connectivity index (χ1) is 18.3. The van der Waals surface area contributed by atoms with E-state index in [1.54, 1.807) is 44.2 Å². The molecule has 1 atom stereocenters. The third-order valence-corrected chi connectivity index (χ3v) is 8.33. The molecule has 1 amide bonds. The maximum Gasteiger partial charge on any atom is 0.328 e. The van der Waals surface area contributed by atoms with Crippen molar-refractivity contribution in [3.63, 3.8) is 0 Å². The number of nitrogens with zero attached hydrogens (tertiary/aromatic N) is 4. The number of halogens is 1. The van der Waals surface area contributed by atoms with Crippen molar-refractivity contribution in [3.8, 4) is 11.1 Å². The highest BCUT2D eigenvalue weighted by Crippen LogP contribution is 2.44. The van der Waals surface area contributed by atoms with Gasteiger partial charge in [0.1, 0.15) is 11.2 Å². The van der Waals surface area contributed by atoms with Crippen molar-refractivity contribution in [3.05, 3.63) is 107 Å². The van der Waals surface area contributed by atoms with Gasteiger partial charge < -0.3 is 14.4 Å². The Labute approximate surface area is 224 Å². The minimum atomic E-state index is -0.308. The molecule has 0 saturated heterocycles. The van der Waals surface area contributed by atoms with Crippen molar-refractivity contribution in [1.29, 1.82) is 0 Å². The van der Waals surface area contributed by atoms with Crippen LogP contribution in [0.25, 0.3) is 22.0 Å². The summed E-state index contributed by atoms with van der Waals surface area (Å²) in [4.78, 5) is 30.7. The normalized spacial score (nSPS) is 16.6. The molecule has 0 N–H and O–H groups in total. The zero-order chi connectivity index (χ0) is 26.6. The number of fused-ring (bicyclic) bond motifs is 2. The summed E-state index contributed by atoms with van der Waals surface area (Å²) in [5, 5.41) is 0.832. The predicted molar refractivity (Wildman–Crippen MR) is 150 cm³/mol. The fourth-order valence-corrected chi connectivity index (χ4v) is 6.46. The molecule has 4 aromatic rings. The highest BCUT2D eigenvalue weighted by Gasteiger charge is 2.31. The molecule has 6 rings (SSSR count). The summed E-state index contributed by atoms with van der Waals surface area (Å²) < 4.78 is 17.2. The molecule has 2 aromatic heterocycles. The summed E-state index contributed by atoms with van der Waals surface area (Å²) in [6.07, 6.45) is 10.1. The Hall–Kier alpha value is -4.04. The number of carbonyl (C=O) groups is 2. The minimum absolute atomic E-state index is 0.102. The Morgan fingerprint density at radius 3 is 2.53 bits per heavy atom. The predicted octanol–water partition coefficient (Wildman–Crippen LogP) is 6.14. The van der Waals surface area contributed by atoms with Gasteiger partial charge in [-0.1, -0.05) is 36.4 Å². The second-order valence-electron chi connectivity index (χ2n) is 9.88. The average molecular weight is 527 g/mol. The topological polar surface area (TPSA) is 50.5 Å². The van der Waals surface area contributed by atoms with Crippen LogP contribution < -0.4 is 0 Å². The van der Waals surface area contributed by atoms with Crippen LogP contribution in [0.4, 0.5) is 9.18 Å². The van der Waals surface area contributed by atoms with E-state index in [1.165, 1.54) is 27.2 Å². The molecule has 0 saturated carbocycles. The number of benzene rings is 2. The van der Waals surface area contributed by atoms with E-state index in [9.17, 15) is 14.0 Å². The summed E-state index contributed by atoms with van der Waals surface area (Å²) in [6, 6.07) is 13.5. The quantitative estimate of drug-likeness (QED) is 0.300. The van der Waals surface area contributed by atoms with Crippen LogP contribution in [0.15, 0.2) is 84.8 Å². The van der Waals surface area contributed by atoms with Gasteiger partial charge in [0.15, 0.2) is 5.78 Å². The third-order valence-electron chi connectivity index (χ3n) is 7.07. The zero-order valence-electron chi connectivity index (χ0n) is 21.4. The smallest absolute Gasteiger partial charge is 0.328 e. The second kappa shape index (κ2) is 9.36. The van der Waals surface area contributed by atoms with E-state index in [0.29, 0.717) is 22.0 Å². The molecule has 0 spiro atoms. The van der Waals surface area contributed by atoms with Crippen molar-refractivity contribution < 1.29 is 14.0 Å². The Bertz CT molecular complexity index is 1640. The summed E-state index contributed by atoms with van der Waals surface area (Å²) in [7, 11) is 5.42. The molecule has 6 nitrogen and oxygen atoms in total. The molecule has 2 aromatic carbocycles. The molecule has 0 bridgehead atoms. The lowest BCUT2D eigenvalue weighted by Crippen LogP contribution is -2.26. The van der Waals surface area contributed by atoms with E-state index < -0.39 is 0 Å². The van der Waals surface area contributed by atoms with Crippen LogP contribution in [0, 0.1) is 5.82 Å². The Kier molecular flexibility index (Phi) is 5.99. The first kappa shape index (κ1) is 24.3. The van der Waals surface area contributed by atoms with E-state index in [4.69, 9.17) is 0 Å². The van der Waals surface area contributed by atoms with Gasteiger partial charge in [-0.3, -0.25) is 9.36 Å². The first-order valence-corrected chi connectivity index (χ1v) is 13.4. The molecule has 0 fully saturated rings. The molecular weight excluding hydrogens is 499 g/mol. The highest BCUT2D eigenvalue weighted by atomic mass is 32.2. The van der Waals surface area contributed by atoms with Crippen LogP contribution in [0.5, 0.6) is 0 Å². The van der Waals surface area contributed by atoms with E-state index in [2.05, 4.69) is 34.9 Å². The van der Waals surface area contributed by atoms with Gasteiger partial charge in [0.25, 0.3) is 0 Å². The van der Waals surface area contributed by atoms with E-state index >= 15 is 0 Å². The lowest BCUT2D eigenvalue weighted by Gasteiger charge is -2.22. The lowest BCUT2D eigenvalue weighted by molar-refractivity contribution is 0.103. The summed E-state index contributed by atoms with van der Waals surface area (Å²) in [6.45, 7) is 0.891. The molecular formula is C30H27FN4O2S. The molecule has 4 heterocycles. The molecule has 0 unspecified atom stereocenters. The molecule has 2 aliphatic heterocycles. The van der Waals surface area contributed by atoms with Crippen LogP contribution >= 0.6 is 11.8 Å². The number of aromatic nitrogens is 2. The van der Waals surface area contributed by atoms with Crippen LogP contribution in [-0.2, 0) is 5.75 Å². The largest absolute Gasteiger partial charge is 0.376 e.